The Balaban J connectivity index is 1.38. The van der Waals surface area contributed by atoms with Crippen LogP contribution in [0.15, 0.2) is 54.9 Å². The van der Waals surface area contributed by atoms with E-state index in [0.29, 0.717) is 6.04 Å². The summed E-state index contributed by atoms with van der Waals surface area (Å²) in [6.07, 6.45) is 4.51. The van der Waals surface area contributed by atoms with Gasteiger partial charge in [-0.1, -0.05) is 36.4 Å². The van der Waals surface area contributed by atoms with Crippen molar-refractivity contribution < 1.29 is 0 Å². The van der Waals surface area contributed by atoms with Crippen LogP contribution in [-0.4, -0.2) is 35.4 Å². The Bertz CT molecular complexity index is 1030. The van der Waals surface area contributed by atoms with E-state index in [1.54, 1.807) is 6.33 Å². The highest BCUT2D eigenvalue weighted by molar-refractivity contribution is 5.49. The first kappa shape index (κ1) is 15.1. The Morgan fingerprint density at radius 3 is 2.85 bits per heavy atom. The third-order valence-corrected chi connectivity index (χ3v) is 4.91. The summed E-state index contributed by atoms with van der Waals surface area (Å²) in [5, 5.41) is 20.6. The molecule has 0 fully saturated rings. The van der Waals surface area contributed by atoms with Gasteiger partial charge in [-0.05, 0) is 24.1 Å². The summed E-state index contributed by atoms with van der Waals surface area (Å²) in [4.78, 5) is 0. The number of benzene rings is 1. The molecule has 7 nitrogen and oxygen atoms in total. The summed E-state index contributed by atoms with van der Waals surface area (Å²) in [6.45, 7) is 0.864. The number of fused-ring (bicyclic) bond motifs is 2. The van der Waals surface area contributed by atoms with E-state index in [1.807, 2.05) is 22.6 Å². The van der Waals surface area contributed by atoms with Crippen LogP contribution in [0.5, 0.6) is 0 Å². The predicted octanol–water partition coefficient (Wildman–Crippen LogP) is 2.34. The van der Waals surface area contributed by atoms with Gasteiger partial charge in [0.1, 0.15) is 23.8 Å². The predicted molar refractivity (Wildman–Crippen MR) is 98.0 cm³/mol. The van der Waals surface area contributed by atoms with E-state index in [9.17, 15) is 0 Å². The Morgan fingerprint density at radius 2 is 1.92 bits per heavy atom. The van der Waals surface area contributed by atoms with Crippen LogP contribution < -0.4 is 5.32 Å². The molecule has 1 aromatic carbocycles. The Hall–Kier alpha value is -3.22. The van der Waals surface area contributed by atoms with Crippen molar-refractivity contribution in [3.63, 3.8) is 0 Å². The van der Waals surface area contributed by atoms with Crippen molar-refractivity contribution in [1.29, 1.82) is 0 Å². The molecule has 4 aromatic rings. The van der Waals surface area contributed by atoms with Gasteiger partial charge in [0.15, 0.2) is 5.65 Å². The normalized spacial score (nSPS) is 16.5. The molecule has 3 aromatic heterocycles. The van der Waals surface area contributed by atoms with Crippen LogP contribution in [0.4, 0.5) is 5.82 Å². The van der Waals surface area contributed by atoms with Crippen molar-refractivity contribution in [2.24, 2.45) is 0 Å². The van der Waals surface area contributed by atoms with Crippen molar-refractivity contribution in [2.75, 3.05) is 5.32 Å². The topological polar surface area (TPSA) is 72.9 Å². The number of aryl methyl sites for hydroxylation is 1. The zero-order valence-corrected chi connectivity index (χ0v) is 14.3. The summed E-state index contributed by atoms with van der Waals surface area (Å²) in [7, 11) is 0. The summed E-state index contributed by atoms with van der Waals surface area (Å²) < 4.78 is 4.24. The minimum absolute atomic E-state index is 0.320. The van der Waals surface area contributed by atoms with Crippen LogP contribution in [0.25, 0.3) is 5.65 Å². The zero-order chi connectivity index (χ0) is 17.3. The Labute approximate surface area is 150 Å². The van der Waals surface area contributed by atoms with E-state index in [0.717, 1.165) is 48.9 Å². The number of nitrogens with zero attached hydrogens (tertiary/aromatic N) is 6. The molecule has 1 aliphatic heterocycles. The lowest BCUT2D eigenvalue weighted by molar-refractivity contribution is 0.466. The van der Waals surface area contributed by atoms with Gasteiger partial charge in [0.2, 0.25) is 0 Å². The summed E-state index contributed by atoms with van der Waals surface area (Å²) >= 11 is 0. The molecule has 0 saturated heterocycles. The van der Waals surface area contributed by atoms with Gasteiger partial charge in [0.05, 0.1) is 0 Å². The summed E-state index contributed by atoms with van der Waals surface area (Å²) in [5.74, 6) is 3.12. The largest absolute Gasteiger partial charge is 0.367 e. The number of pyridine rings is 1. The summed E-state index contributed by atoms with van der Waals surface area (Å²) in [5.41, 5.74) is 2.10. The lowest BCUT2D eigenvalue weighted by Crippen LogP contribution is -2.32. The molecule has 4 heterocycles. The van der Waals surface area contributed by atoms with Gasteiger partial charge in [-0.25, -0.2) is 0 Å². The molecule has 1 aliphatic rings. The van der Waals surface area contributed by atoms with E-state index in [-0.39, 0.29) is 0 Å². The number of aromatic nitrogens is 6. The molecule has 26 heavy (non-hydrogen) atoms. The molecule has 5 rings (SSSR count). The van der Waals surface area contributed by atoms with Crippen LogP contribution in [0, 0.1) is 0 Å². The SMILES string of the molecule is c1ccc(Cc2nnc3n2CC(Nc2cccc4nncn24)CC3)cc1. The number of anilines is 1. The van der Waals surface area contributed by atoms with Gasteiger partial charge >= 0.3 is 0 Å². The monoisotopic (exact) mass is 345 g/mol. The molecular formula is C19H19N7. The first-order valence-electron chi connectivity index (χ1n) is 8.87. The highest BCUT2D eigenvalue weighted by Crippen LogP contribution is 2.21. The molecule has 1 N–H and O–H groups in total. The molecule has 1 unspecified atom stereocenters. The minimum atomic E-state index is 0.320. The van der Waals surface area contributed by atoms with Crippen LogP contribution in [0.1, 0.15) is 23.6 Å². The molecule has 0 bridgehead atoms. The standard InChI is InChI=1S/C19H19N7/c1-2-5-14(6-3-1)11-19-24-23-18-10-9-15(12-25(18)19)21-16-7-4-8-17-22-20-13-26(16)17/h1-8,13,15,21H,9-12H2. The average Bonchev–Trinajstić information content (AvgIpc) is 3.31. The van der Waals surface area contributed by atoms with Crippen molar-refractivity contribution in [2.45, 2.75) is 31.8 Å². The van der Waals surface area contributed by atoms with Crippen molar-refractivity contribution in [3.05, 3.63) is 72.1 Å². The highest BCUT2D eigenvalue weighted by Gasteiger charge is 2.23. The van der Waals surface area contributed by atoms with Crippen LogP contribution in [-0.2, 0) is 19.4 Å². The zero-order valence-electron chi connectivity index (χ0n) is 14.3. The summed E-state index contributed by atoms with van der Waals surface area (Å²) in [6, 6.07) is 16.8. The van der Waals surface area contributed by atoms with Crippen LogP contribution in [0.3, 0.4) is 0 Å². The quantitative estimate of drug-likeness (QED) is 0.615. The smallest absolute Gasteiger partial charge is 0.162 e. The fourth-order valence-electron chi connectivity index (χ4n) is 3.59. The van der Waals surface area contributed by atoms with Crippen molar-refractivity contribution in [3.8, 4) is 0 Å². The van der Waals surface area contributed by atoms with Gasteiger partial charge in [-0.15, -0.1) is 20.4 Å². The molecule has 0 radical (unpaired) electrons. The van der Waals surface area contributed by atoms with E-state index in [1.165, 1.54) is 5.56 Å². The number of rotatable bonds is 4. The molecule has 0 saturated carbocycles. The van der Waals surface area contributed by atoms with Crippen LogP contribution >= 0.6 is 0 Å². The maximum Gasteiger partial charge on any atom is 0.162 e. The third kappa shape index (κ3) is 2.71. The number of hydrogen-bond acceptors (Lipinski definition) is 5. The fraction of sp³-hybridized carbons (Fsp3) is 0.263. The van der Waals surface area contributed by atoms with E-state index < -0.39 is 0 Å². The Kier molecular flexibility index (Phi) is 3.62. The maximum absolute atomic E-state index is 4.44. The van der Waals surface area contributed by atoms with E-state index in [4.69, 9.17) is 0 Å². The first-order valence-corrected chi connectivity index (χ1v) is 8.87. The van der Waals surface area contributed by atoms with E-state index >= 15 is 0 Å². The number of hydrogen-bond donors (Lipinski definition) is 1. The molecular weight excluding hydrogens is 326 g/mol. The molecule has 130 valence electrons. The van der Waals surface area contributed by atoms with Crippen molar-refractivity contribution >= 4 is 11.5 Å². The van der Waals surface area contributed by atoms with Crippen molar-refractivity contribution in [1.82, 2.24) is 29.4 Å². The second-order valence-electron chi connectivity index (χ2n) is 6.66. The number of nitrogens with one attached hydrogen (secondary N) is 1. The molecule has 0 amide bonds. The van der Waals surface area contributed by atoms with Gasteiger partial charge in [0.25, 0.3) is 0 Å². The molecule has 0 spiro atoms. The molecule has 7 heteroatoms. The minimum Gasteiger partial charge on any atom is -0.367 e. The van der Waals surface area contributed by atoms with Gasteiger partial charge in [-0.2, -0.15) is 0 Å². The lowest BCUT2D eigenvalue weighted by Gasteiger charge is -2.26. The lowest BCUT2D eigenvalue weighted by atomic mass is 10.1. The average molecular weight is 345 g/mol. The highest BCUT2D eigenvalue weighted by atomic mass is 15.3. The van der Waals surface area contributed by atoms with Gasteiger partial charge in [-0.3, -0.25) is 4.40 Å². The maximum atomic E-state index is 4.44. The first-order chi connectivity index (χ1) is 12.9. The Morgan fingerprint density at radius 1 is 1.00 bits per heavy atom. The second-order valence-corrected chi connectivity index (χ2v) is 6.66. The fourth-order valence-corrected chi connectivity index (χ4v) is 3.59. The third-order valence-electron chi connectivity index (χ3n) is 4.91. The van der Waals surface area contributed by atoms with Gasteiger partial charge in [0, 0.05) is 25.4 Å². The molecule has 1 atom stereocenters. The van der Waals surface area contributed by atoms with Gasteiger partial charge < -0.3 is 9.88 Å². The van der Waals surface area contributed by atoms with E-state index in [2.05, 4.69) is 60.6 Å². The van der Waals surface area contributed by atoms with Crippen LogP contribution in [0.2, 0.25) is 0 Å². The molecule has 0 aliphatic carbocycles. The second kappa shape index (κ2) is 6.25.